The molecule has 2 aromatic carbocycles. The zero-order valence-electron chi connectivity index (χ0n) is 14.9. The first kappa shape index (κ1) is 18.0. The van der Waals surface area contributed by atoms with Crippen LogP contribution in [0.3, 0.4) is 0 Å². The third-order valence-electron chi connectivity index (χ3n) is 5.64. The fraction of sp³-hybridized carbons (Fsp3) is 0.350. The molecule has 1 amide bonds. The van der Waals surface area contributed by atoms with E-state index in [4.69, 9.17) is 5.73 Å². The molecule has 1 saturated heterocycles. The number of carbonyl (C=O) groups is 1. The number of anilines is 1. The summed E-state index contributed by atoms with van der Waals surface area (Å²) in [4.78, 5) is 14.8. The Kier molecular flexibility index (Phi) is 4.65. The minimum Gasteiger partial charge on any atom is -0.338 e. The number of rotatable bonds is 4. The molecule has 7 heteroatoms. The van der Waals surface area contributed by atoms with Gasteiger partial charge in [0.15, 0.2) is 0 Å². The summed E-state index contributed by atoms with van der Waals surface area (Å²) in [5, 5.41) is 0. The molecular formula is C20H23N3O3S. The fourth-order valence-corrected chi connectivity index (χ4v) is 5.23. The van der Waals surface area contributed by atoms with Crippen molar-refractivity contribution in [2.75, 3.05) is 17.8 Å². The second-order valence-corrected chi connectivity index (χ2v) is 9.05. The number of amides is 1. The number of nitrogens with two attached hydrogens (primary N) is 1. The van der Waals surface area contributed by atoms with Crippen LogP contribution in [0.2, 0.25) is 0 Å². The Labute approximate surface area is 159 Å². The summed E-state index contributed by atoms with van der Waals surface area (Å²) in [6.07, 6.45) is 2.14. The second kappa shape index (κ2) is 6.98. The predicted octanol–water partition coefficient (Wildman–Crippen LogP) is 2.30. The molecule has 1 saturated carbocycles. The van der Waals surface area contributed by atoms with E-state index in [-0.39, 0.29) is 16.8 Å². The van der Waals surface area contributed by atoms with E-state index in [1.54, 1.807) is 42.5 Å². The first-order valence-corrected chi connectivity index (χ1v) is 10.6. The van der Waals surface area contributed by atoms with Crippen molar-refractivity contribution in [3.05, 3.63) is 60.2 Å². The summed E-state index contributed by atoms with van der Waals surface area (Å²) in [5.74, 6) is 0.904. The third-order valence-corrected chi connectivity index (χ3v) is 7.03. The van der Waals surface area contributed by atoms with Gasteiger partial charge in [-0.05, 0) is 61.1 Å². The highest BCUT2D eigenvalue weighted by Gasteiger charge is 2.42. The first-order chi connectivity index (χ1) is 12.9. The van der Waals surface area contributed by atoms with Crippen molar-refractivity contribution < 1.29 is 13.2 Å². The summed E-state index contributed by atoms with van der Waals surface area (Å²) in [6, 6.07) is 15.0. The molecule has 3 atom stereocenters. The standard InChI is InChI=1S/C20H23N3O3S/c21-19-11-8-15-12-23(13-18(15)19)20(24)14-6-9-16(10-7-14)22-27(25,26)17-4-2-1-3-5-17/h1-7,9-10,15,18-19,22H,8,11-13,21H2. The fourth-order valence-electron chi connectivity index (χ4n) is 4.15. The molecular weight excluding hydrogens is 362 g/mol. The lowest BCUT2D eigenvalue weighted by Gasteiger charge is -2.19. The maximum atomic E-state index is 12.7. The van der Waals surface area contributed by atoms with Crippen LogP contribution < -0.4 is 10.5 Å². The number of sulfonamides is 1. The van der Waals surface area contributed by atoms with Gasteiger partial charge in [0, 0.05) is 30.4 Å². The Morgan fingerprint density at radius 2 is 1.70 bits per heavy atom. The number of hydrogen-bond donors (Lipinski definition) is 2. The summed E-state index contributed by atoms with van der Waals surface area (Å²) in [6.45, 7) is 1.48. The molecule has 142 valence electrons. The average molecular weight is 385 g/mol. The van der Waals surface area contributed by atoms with E-state index in [2.05, 4.69) is 4.72 Å². The van der Waals surface area contributed by atoms with Gasteiger partial charge < -0.3 is 10.6 Å². The van der Waals surface area contributed by atoms with Crippen LogP contribution in [-0.4, -0.2) is 38.4 Å². The van der Waals surface area contributed by atoms with Gasteiger partial charge in [0.25, 0.3) is 15.9 Å². The Balaban J connectivity index is 1.44. The molecule has 3 N–H and O–H groups in total. The molecule has 0 radical (unpaired) electrons. The van der Waals surface area contributed by atoms with Crippen LogP contribution in [0.1, 0.15) is 23.2 Å². The van der Waals surface area contributed by atoms with Crippen LogP contribution in [0.4, 0.5) is 5.69 Å². The zero-order chi connectivity index (χ0) is 19.0. The average Bonchev–Trinajstić information content (AvgIpc) is 3.24. The zero-order valence-corrected chi connectivity index (χ0v) is 15.7. The van der Waals surface area contributed by atoms with Crippen molar-refractivity contribution in [2.45, 2.75) is 23.8 Å². The summed E-state index contributed by atoms with van der Waals surface area (Å²) in [5.41, 5.74) is 7.13. The van der Waals surface area contributed by atoms with Crippen molar-refractivity contribution in [1.29, 1.82) is 0 Å². The molecule has 0 aromatic heterocycles. The van der Waals surface area contributed by atoms with E-state index in [1.807, 2.05) is 4.90 Å². The predicted molar refractivity (Wildman–Crippen MR) is 104 cm³/mol. The van der Waals surface area contributed by atoms with Gasteiger partial charge >= 0.3 is 0 Å². The normalized spacial score (nSPS) is 24.6. The Morgan fingerprint density at radius 3 is 2.37 bits per heavy atom. The highest BCUT2D eigenvalue weighted by Crippen LogP contribution is 2.37. The topological polar surface area (TPSA) is 92.5 Å². The van der Waals surface area contributed by atoms with Crippen LogP contribution in [0, 0.1) is 11.8 Å². The molecule has 4 rings (SSSR count). The third kappa shape index (κ3) is 3.57. The molecule has 2 aliphatic rings. The van der Waals surface area contributed by atoms with Gasteiger partial charge in [-0.25, -0.2) is 8.42 Å². The summed E-state index contributed by atoms with van der Waals surface area (Å²) < 4.78 is 27.3. The van der Waals surface area contributed by atoms with E-state index in [9.17, 15) is 13.2 Å². The number of nitrogens with zero attached hydrogens (tertiary/aromatic N) is 1. The highest BCUT2D eigenvalue weighted by atomic mass is 32.2. The molecule has 1 aliphatic heterocycles. The van der Waals surface area contributed by atoms with Gasteiger partial charge in [-0.15, -0.1) is 0 Å². The molecule has 6 nitrogen and oxygen atoms in total. The molecule has 1 heterocycles. The second-order valence-electron chi connectivity index (χ2n) is 7.37. The van der Waals surface area contributed by atoms with Crippen molar-refractivity contribution >= 4 is 21.6 Å². The number of benzene rings is 2. The molecule has 27 heavy (non-hydrogen) atoms. The van der Waals surface area contributed by atoms with Gasteiger partial charge in [-0.3, -0.25) is 9.52 Å². The molecule has 3 unspecified atom stereocenters. The quantitative estimate of drug-likeness (QED) is 0.845. The van der Waals surface area contributed by atoms with Crippen LogP contribution in [-0.2, 0) is 10.0 Å². The number of nitrogens with one attached hydrogen (secondary N) is 1. The van der Waals surface area contributed by atoms with Gasteiger partial charge in [-0.1, -0.05) is 18.2 Å². The molecule has 2 fully saturated rings. The molecule has 0 spiro atoms. The Hall–Kier alpha value is -2.38. The van der Waals surface area contributed by atoms with E-state index < -0.39 is 10.0 Å². The van der Waals surface area contributed by atoms with Crippen molar-refractivity contribution in [3.8, 4) is 0 Å². The minimum atomic E-state index is -3.64. The van der Waals surface area contributed by atoms with Gasteiger partial charge in [0.2, 0.25) is 0 Å². The van der Waals surface area contributed by atoms with Crippen LogP contribution in [0.15, 0.2) is 59.5 Å². The number of carbonyl (C=O) groups excluding carboxylic acids is 1. The van der Waals surface area contributed by atoms with E-state index in [1.165, 1.54) is 12.1 Å². The first-order valence-electron chi connectivity index (χ1n) is 9.17. The SMILES string of the molecule is NC1CCC2CN(C(=O)c3ccc(NS(=O)(=O)c4ccccc4)cc3)CC12. The van der Waals surface area contributed by atoms with Crippen LogP contribution in [0.5, 0.6) is 0 Å². The van der Waals surface area contributed by atoms with Crippen molar-refractivity contribution in [2.24, 2.45) is 17.6 Å². The lowest BCUT2D eigenvalue weighted by molar-refractivity contribution is 0.0779. The maximum absolute atomic E-state index is 12.7. The summed E-state index contributed by atoms with van der Waals surface area (Å²) in [7, 11) is -3.64. The molecule has 1 aliphatic carbocycles. The number of fused-ring (bicyclic) bond motifs is 1. The highest BCUT2D eigenvalue weighted by molar-refractivity contribution is 7.92. The number of hydrogen-bond acceptors (Lipinski definition) is 4. The monoisotopic (exact) mass is 385 g/mol. The Morgan fingerprint density at radius 1 is 1.00 bits per heavy atom. The number of likely N-dealkylation sites (tertiary alicyclic amines) is 1. The summed E-state index contributed by atoms with van der Waals surface area (Å²) >= 11 is 0. The van der Waals surface area contributed by atoms with Crippen LogP contribution in [0.25, 0.3) is 0 Å². The van der Waals surface area contributed by atoms with Crippen molar-refractivity contribution in [1.82, 2.24) is 4.90 Å². The largest absolute Gasteiger partial charge is 0.338 e. The minimum absolute atomic E-state index is 0.0194. The van der Waals surface area contributed by atoms with Gasteiger partial charge in [0.05, 0.1) is 4.90 Å². The van der Waals surface area contributed by atoms with Gasteiger partial charge in [-0.2, -0.15) is 0 Å². The smallest absolute Gasteiger partial charge is 0.261 e. The molecule has 0 bridgehead atoms. The van der Waals surface area contributed by atoms with Gasteiger partial charge in [0.1, 0.15) is 0 Å². The van der Waals surface area contributed by atoms with E-state index in [0.717, 1.165) is 19.4 Å². The van der Waals surface area contributed by atoms with Crippen LogP contribution >= 0.6 is 0 Å². The Bertz CT molecular complexity index is 929. The molecule has 2 aromatic rings. The van der Waals surface area contributed by atoms with E-state index >= 15 is 0 Å². The van der Waals surface area contributed by atoms with Crippen molar-refractivity contribution in [3.63, 3.8) is 0 Å². The lowest BCUT2D eigenvalue weighted by Crippen LogP contribution is -2.33. The van der Waals surface area contributed by atoms with E-state index in [0.29, 0.717) is 29.6 Å². The lowest BCUT2D eigenvalue weighted by atomic mass is 9.98. The maximum Gasteiger partial charge on any atom is 0.261 e.